The van der Waals surface area contributed by atoms with E-state index in [1.54, 1.807) is 24.3 Å². The van der Waals surface area contributed by atoms with Gasteiger partial charge in [0.25, 0.3) is 0 Å². The van der Waals surface area contributed by atoms with Crippen LogP contribution in [0.1, 0.15) is 73.8 Å². The van der Waals surface area contributed by atoms with Crippen molar-refractivity contribution in [3.8, 4) is 5.75 Å². The summed E-state index contributed by atoms with van der Waals surface area (Å²) in [6, 6.07) is 4.15. The first kappa shape index (κ1) is 30.9. The second kappa shape index (κ2) is 13.8. The van der Waals surface area contributed by atoms with Crippen LogP contribution in [0.25, 0.3) is 0 Å². The molecular weight excluding hydrogens is 462 g/mol. The van der Waals surface area contributed by atoms with Crippen LogP contribution in [-0.4, -0.2) is 52.5 Å². The Hall–Kier alpha value is -3.10. The number of ether oxygens (including phenoxy) is 1. The van der Waals surface area contributed by atoms with E-state index in [1.807, 2.05) is 48.5 Å². The van der Waals surface area contributed by atoms with Gasteiger partial charge >= 0.3 is 5.97 Å². The van der Waals surface area contributed by atoms with Crippen molar-refractivity contribution < 1.29 is 29.0 Å². The third-order valence-electron chi connectivity index (χ3n) is 5.14. The molecule has 4 N–H and O–H groups in total. The van der Waals surface area contributed by atoms with Gasteiger partial charge in [-0.1, -0.05) is 39.8 Å². The van der Waals surface area contributed by atoms with Crippen LogP contribution in [0.4, 0.5) is 0 Å². The highest BCUT2D eigenvalue weighted by Gasteiger charge is 2.30. The maximum absolute atomic E-state index is 13.1. The topological polar surface area (TPSA) is 134 Å². The molecule has 3 atom stereocenters. The molecule has 202 valence electrons. The average Bonchev–Trinajstić information content (AvgIpc) is 2.71. The lowest BCUT2D eigenvalue weighted by atomic mass is 9.99. The summed E-state index contributed by atoms with van der Waals surface area (Å²) in [5.41, 5.74) is 0.361. The first-order valence-electron chi connectivity index (χ1n) is 12.5. The summed E-state index contributed by atoms with van der Waals surface area (Å²) in [5.74, 6) is -1.71. The molecule has 0 fully saturated rings. The Bertz CT molecular complexity index is 890. The molecule has 0 bridgehead atoms. The third-order valence-corrected chi connectivity index (χ3v) is 5.14. The van der Waals surface area contributed by atoms with Crippen molar-refractivity contribution in [2.24, 2.45) is 11.8 Å². The van der Waals surface area contributed by atoms with Crippen molar-refractivity contribution in [1.29, 1.82) is 0 Å². The SMILES string of the molecule is CC(=O)N[C@@H](CC(C)C)C(=O)N[C@@H](CC(C)C)C(=O)N[C@@H](Cc1ccc(OC(C)(C)C)cc1)C(=O)O. The molecule has 0 saturated heterocycles. The fourth-order valence-corrected chi connectivity index (χ4v) is 3.68. The van der Waals surface area contributed by atoms with E-state index in [1.165, 1.54) is 6.92 Å². The molecule has 0 radical (unpaired) electrons. The van der Waals surface area contributed by atoms with Crippen molar-refractivity contribution in [3.05, 3.63) is 29.8 Å². The van der Waals surface area contributed by atoms with Crippen molar-refractivity contribution in [3.63, 3.8) is 0 Å². The van der Waals surface area contributed by atoms with E-state index >= 15 is 0 Å². The van der Waals surface area contributed by atoms with Gasteiger partial charge in [-0.05, 0) is 63.1 Å². The molecule has 0 aliphatic heterocycles. The van der Waals surface area contributed by atoms with Crippen LogP contribution in [0.3, 0.4) is 0 Å². The predicted molar refractivity (Wildman–Crippen MR) is 139 cm³/mol. The van der Waals surface area contributed by atoms with Gasteiger partial charge in [0.1, 0.15) is 29.5 Å². The van der Waals surface area contributed by atoms with Gasteiger partial charge in [0.15, 0.2) is 0 Å². The molecule has 0 saturated carbocycles. The average molecular weight is 506 g/mol. The Balaban J connectivity index is 2.97. The fourth-order valence-electron chi connectivity index (χ4n) is 3.68. The first-order chi connectivity index (χ1) is 16.6. The normalized spacial score (nSPS) is 14.1. The van der Waals surface area contributed by atoms with E-state index < -0.39 is 35.9 Å². The van der Waals surface area contributed by atoms with Gasteiger partial charge in [0.2, 0.25) is 17.7 Å². The van der Waals surface area contributed by atoms with Crippen LogP contribution >= 0.6 is 0 Å². The molecule has 1 aromatic carbocycles. The molecule has 1 rings (SSSR count). The fraction of sp³-hybridized carbons (Fsp3) is 0.630. The third kappa shape index (κ3) is 12.0. The number of hydrogen-bond donors (Lipinski definition) is 4. The zero-order chi connectivity index (χ0) is 27.6. The highest BCUT2D eigenvalue weighted by atomic mass is 16.5. The summed E-state index contributed by atoms with van der Waals surface area (Å²) in [7, 11) is 0. The molecule has 0 aliphatic rings. The van der Waals surface area contributed by atoms with Gasteiger partial charge in [-0.25, -0.2) is 4.79 Å². The number of benzene rings is 1. The summed E-state index contributed by atoms with van der Waals surface area (Å²) in [6.07, 6.45) is 0.798. The number of carbonyl (C=O) groups excluding carboxylic acids is 3. The summed E-state index contributed by atoms with van der Waals surface area (Å²) in [6.45, 7) is 14.8. The number of carboxylic acid groups (broad SMARTS) is 1. The molecule has 0 aliphatic carbocycles. The number of aliphatic carboxylic acids is 1. The van der Waals surface area contributed by atoms with Crippen molar-refractivity contribution >= 4 is 23.7 Å². The second-order valence-electron chi connectivity index (χ2n) is 11.0. The quantitative estimate of drug-likeness (QED) is 0.326. The Morgan fingerprint density at radius 3 is 1.64 bits per heavy atom. The van der Waals surface area contributed by atoms with E-state index in [-0.39, 0.29) is 29.8 Å². The van der Waals surface area contributed by atoms with E-state index in [0.29, 0.717) is 18.6 Å². The van der Waals surface area contributed by atoms with Crippen LogP contribution < -0.4 is 20.7 Å². The molecular formula is C27H43N3O6. The van der Waals surface area contributed by atoms with Gasteiger partial charge in [0, 0.05) is 13.3 Å². The molecule has 3 amide bonds. The standard InChI is InChI=1S/C27H43N3O6/c1-16(2)13-21(28-18(5)31)24(32)29-22(14-17(3)4)25(33)30-23(26(34)35)15-19-9-11-20(12-10-19)36-27(6,7)8/h9-12,16-17,21-23H,13-15H2,1-8H3,(H,28,31)(H,29,32)(H,30,33)(H,34,35)/t21-,22-,23-/m0/s1. The monoisotopic (exact) mass is 505 g/mol. The predicted octanol–water partition coefficient (Wildman–Crippen LogP) is 3.06. The molecule has 0 spiro atoms. The maximum atomic E-state index is 13.1. The van der Waals surface area contributed by atoms with Crippen LogP contribution in [0.15, 0.2) is 24.3 Å². The van der Waals surface area contributed by atoms with E-state index in [4.69, 9.17) is 4.74 Å². The molecule has 0 aromatic heterocycles. The largest absolute Gasteiger partial charge is 0.488 e. The number of carboxylic acids is 1. The number of rotatable bonds is 13. The van der Waals surface area contributed by atoms with Gasteiger partial charge < -0.3 is 25.8 Å². The van der Waals surface area contributed by atoms with E-state index in [0.717, 1.165) is 5.56 Å². The van der Waals surface area contributed by atoms with Crippen LogP contribution in [0.2, 0.25) is 0 Å². The van der Waals surface area contributed by atoms with Crippen molar-refractivity contribution in [2.75, 3.05) is 0 Å². The number of amides is 3. The van der Waals surface area contributed by atoms with E-state index in [9.17, 15) is 24.3 Å². The summed E-state index contributed by atoms with van der Waals surface area (Å²) >= 11 is 0. The number of carbonyl (C=O) groups is 4. The Morgan fingerprint density at radius 2 is 1.25 bits per heavy atom. The minimum Gasteiger partial charge on any atom is -0.488 e. The highest BCUT2D eigenvalue weighted by Crippen LogP contribution is 2.19. The summed E-state index contributed by atoms with van der Waals surface area (Å²) in [5, 5.41) is 17.7. The highest BCUT2D eigenvalue weighted by molar-refractivity contribution is 5.93. The molecule has 36 heavy (non-hydrogen) atoms. The smallest absolute Gasteiger partial charge is 0.326 e. The lowest BCUT2D eigenvalue weighted by molar-refractivity contribution is -0.142. The minimum absolute atomic E-state index is 0.0593. The minimum atomic E-state index is -1.18. The molecule has 1 aromatic rings. The summed E-state index contributed by atoms with van der Waals surface area (Å²) < 4.78 is 5.79. The zero-order valence-corrected chi connectivity index (χ0v) is 22.8. The number of nitrogens with one attached hydrogen (secondary N) is 3. The Kier molecular flexibility index (Phi) is 11.9. The second-order valence-corrected chi connectivity index (χ2v) is 11.0. The molecule has 9 nitrogen and oxygen atoms in total. The van der Waals surface area contributed by atoms with Crippen molar-refractivity contribution in [2.45, 2.75) is 98.4 Å². The zero-order valence-electron chi connectivity index (χ0n) is 22.8. The van der Waals surface area contributed by atoms with E-state index in [2.05, 4.69) is 16.0 Å². The van der Waals surface area contributed by atoms with Gasteiger partial charge in [0.05, 0.1) is 0 Å². The first-order valence-corrected chi connectivity index (χ1v) is 12.5. The van der Waals surface area contributed by atoms with Crippen LogP contribution in [0, 0.1) is 11.8 Å². The van der Waals surface area contributed by atoms with Crippen molar-refractivity contribution in [1.82, 2.24) is 16.0 Å². The van der Waals surface area contributed by atoms with Gasteiger partial charge in [-0.15, -0.1) is 0 Å². The lowest BCUT2D eigenvalue weighted by Gasteiger charge is -2.26. The van der Waals surface area contributed by atoms with Crippen LogP contribution in [-0.2, 0) is 25.6 Å². The molecule has 0 unspecified atom stereocenters. The Morgan fingerprint density at radius 1 is 0.806 bits per heavy atom. The molecule has 0 heterocycles. The lowest BCUT2D eigenvalue weighted by Crippen LogP contribution is -2.56. The molecule has 9 heteroatoms. The Labute approximate surface area is 214 Å². The summed E-state index contributed by atoms with van der Waals surface area (Å²) in [4.78, 5) is 49.5. The van der Waals surface area contributed by atoms with Crippen LogP contribution in [0.5, 0.6) is 5.75 Å². The van der Waals surface area contributed by atoms with Gasteiger partial charge in [-0.2, -0.15) is 0 Å². The number of hydrogen-bond acceptors (Lipinski definition) is 5. The van der Waals surface area contributed by atoms with Gasteiger partial charge in [-0.3, -0.25) is 14.4 Å². The maximum Gasteiger partial charge on any atom is 0.326 e.